The number of carboxylic acid groups (broad SMARTS) is 1. The van der Waals surface area contributed by atoms with Crippen LogP contribution in [-0.4, -0.2) is 48.8 Å². The minimum Gasteiger partial charge on any atom is -0.490 e. The predicted molar refractivity (Wildman–Crippen MR) is 128 cm³/mol. The van der Waals surface area contributed by atoms with Crippen molar-refractivity contribution in [1.29, 1.82) is 5.41 Å². The second-order valence-electron chi connectivity index (χ2n) is 7.42. The molecule has 0 radical (unpaired) electrons. The van der Waals surface area contributed by atoms with Crippen LogP contribution in [0.2, 0.25) is 0 Å². The molecule has 1 unspecified atom stereocenters. The van der Waals surface area contributed by atoms with Gasteiger partial charge in [0.05, 0.1) is 12.7 Å². The second kappa shape index (κ2) is 13.8. The minimum absolute atomic E-state index is 0.00126. The molecular formula is C23H30F3N5O5. The highest BCUT2D eigenvalue weighted by Crippen LogP contribution is 2.32. The Hall–Kier alpha value is -4.00. The molecule has 0 bridgehead atoms. The highest BCUT2D eigenvalue weighted by molar-refractivity contribution is 5.95. The Bertz CT molecular complexity index is 1030. The third-order valence-electron chi connectivity index (χ3n) is 4.22. The number of hydrazine groups is 1. The number of ether oxygens (including phenoxy) is 2. The Kier molecular flexibility index (Phi) is 11.5. The van der Waals surface area contributed by atoms with Gasteiger partial charge in [-0.1, -0.05) is 6.07 Å². The first kappa shape index (κ1) is 30.0. The molecule has 0 heterocycles. The predicted octanol–water partition coefficient (Wildman–Crippen LogP) is 3.19. The number of alkyl halides is 3. The van der Waals surface area contributed by atoms with E-state index in [1.807, 2.05) is 26.8 Å². The summed E-state index contributed by atoms with van der Waals surface area (Å²) in [5.41, 5.74) is 12.8. The van der Waals surface area contributed by atoms with Crippen LogP contribution in [-0.2, 0) is 9.59 Å². The first-order chi connectivity index (χ1) is 16.8. The van der Waals surface area contributed by atoms with E-state index >= 15 is 0 Å². The molecule has 0 saturated heterocycles. The largest absolute Gasteiger partial charge is 0.490 e. The van der Waals surface area contributed by atoms with Gasteiger partial charge >= 0.3 is 12.1 Å². The lowest BCUT2D eigenvalue weighted by Crippen LogP contribution is -2.40. The number of amidine groups is 1. The van der Waals surface area contributed by atoms with Crippen LogP contribution in [0, 0.1) is 5.41 Å². The molecule has 7 N–H and O–H groups in total. The number of rotatable bonds is 10. The summed E-state index contributed by atoms with van der Waals surface area (Å²) < 4.78 is 43.3. The fourth-order valence-electron chi connectivity index (χ4n) is 2.73. The van der Waals surface area contributed by atoms with Gasteiger partial charge in [-0.15, -0.1) is 0 Å². The number of anilines is 1. The van der Waals surface area contributed by atoms with E-state index in [1.165, 1.54) is 0 Å². The monoisotopic (exact) mass is 513 g/mol. The van der Waals surface area contributed by atoms with Gasteiger partial charge in [-0.3, -0.25) is 15.6 Å². The SMILES string of the molecule is CCOc1cc(C(Nc2ccc(C(=N)N)cc2)C(=O)NNC)ccc1OC(C)C.O=C(O)C(F)(F)F. The molecule has 2 aromatic rings. The van der Waals surface area contributed by atoms with Crippen LogP contribution < -0.4 is 31.4 Å². The van der Waals surface area contributed by atoms with E-state index in [-0.39, 0.29) is 17.8 Å². The number of hydrogen-bond donors (Lipinski definition) is 6. The number of amides is 1. The fourth-order valence-corrected chi connectivity index (χ4v) is 2.73. The molecule has 0 saturated carbocycles. The number of carbonyl (C=O) groups excluding carboxylic acids is 1. The minimum atomic E-state index is -5.08. The summed E-state index contributed by atoms with van der Waals surface area (Å²) in [6, 6.07) is 11.8. The topological polar surface area (TPSA) is 159 Å². The van der Waals surface area contributed by atoms with Gasteiger partial charge in [-0.2, -0.15) is 13.2 Å². The lowest BCUT2D eigenvalue weighted by Gasteiger charge is -2.22. The van der Waals surface area contributed by atoms with Crippen LogP contribution in [0.25, 0.3) is 0 Å². The van der Waals surface area contributed by atoms with Gasteiger partial charge in [0.2, 0.25) is 0 Å². The van der Waals surface area contributed by atoms with E-state index in [1.54, 1.807) is 43.4 Å². The van der Waals surface area contributed by atoms with E-state index in [0.29, 0.717) is 34.9 Å². The molecule has 10 nitrogen and oxygen atoms in total. The summed E-state index contributed by atoms with van der Waals surface area (Å²) in [6.45, 7) is 6.26. The Balaban J connectivity index is 0.000000809. The molecule has 36 heavy (non-hydrogen) atoms. The summed E-state index contributed by atoms with van der Waals surface area (Å²) >= 11 is 0. The zero-order chi connectivity index (χ0) is 27.5. The molecular weight excluding hydrogens is 483 g/mol. The molecule has 1 amide bonds. The van der Waals surface area contributed by atoms with Crippen LogP contribution in [0.3, 0.4) is 0 Å². The number of hydrogen-bond acceptors (Lipinski definition) is 7. The molecule has 0 fully saturated rings. The normalized spacial score (nSPS) is 11.6. The number of nitrogens with one attached hydrogen (secondary N) is 4. The van der Waals surface area contributed by atoms with Crippen molar-refractivity contribution in [2.24, 2.45) is 5.73 Å². The van der Waals surface area contributed by atoms with Crippen molar-refractivity contribution in [2.45, 2.75) is 39.1 Å². The summed E-state index contributed by atoms with van der Waals surface area (Å²) in [7, 11) is 1.63. The standard InChI is InChI=1S/C21H29N5O3.C2HF3O2/c1-5-28-18-12-15(8-11-17(18)29-13(2)3)19(21(27)26-24-4)25-16-9-6-14(7-10-16)20(22)23;3-2(4,5)1(6)7/h6-13,19,24-25H,5H2,1-4H3,(H3,22,23)(H,26,27);(H,6,7). The number of nitrogens with two attached hydrogens (primary N) is 1. The average Bonchev–Trinajstić information content (AvgIpc) is 2.79. The van der Waals surface area contributed by atoms with E-state index in [2.05, 4.69) is 16.2 Å². The first-order valence-corrected chi connectivity index (χ1v) is 10.7. The number of carboxylic acids is 1. The second-order valence-corrected chi connectivity index (χ2v) is 7.42. The van der Waals surface area contributed by atoms with Crippen molar-refractivity contribution in [3.05, 3.63) is 53.6 Å². The van der Waals surface area contributed by atoms with Gasteiger partial charge in [0.1, 0.15) is 11.9 Å². The molecule has 13 heteroatoms. The molecule has 0 aliphatic heterocycles. The maximum Gasteiger partial charge on any atom is 0.490 e. The zero-order valence-corrected chi connectivity index (χ0v) is 20.2. The Morgan fingerprint density at radius 2 is 1.69 bits per heavy atom. The highest BCUT2D eigenvalue weighted by atomic mass is 19.4. The summed E-state index contributed by atoms with van der Waals surface area (Å²) in [5, 5.41) is 17.8. The van der Waals surface area contributed by atoms with Crippen molar-refractivity contribution < 1.29 is 37.3 Å². The van der Waals surface area contributed by atoms with Gasteiger partial charge in [0, 0.05) is 18.3 Å². The molecule has 198 valence electrons. The lowest BCUT2D eigenvalue weighted by atomic mass is 10.0. The van der Waals surface area contributed by atoms with Gasteiger partial charge in [-0.05, 0) is 62.7 Å². The number of nitrogen functional groups attached to an aromatic ring is 1. The molecule has 0 aliphatic carbocycles. The summed E-state index contributed by atoms with van der Waals surface area (Å²) in [5.74, 6) is -1.82. The van der Waals surface area contributed by atoms with E-state index < -0.39 is 18.2 Å². The van der Waals surface area contributed by atoms with E-state index in [0.717, 1.165) is 0 Å². The van der Waals surface area contributed by atoms with Gasteiger partial charge in [-0.25, -0.2) is 10.2 Å². The van der Waals surface area contributed by atoms with Crippen LogP contribution in [0.4, 0.5) is 18.9 Å². The van der Waals surface area contributed by atoms with Gasteiger partial charge in [0.25, 0.3) is 5.91 Å². The maximum atomic E-state index is 12.7. The van der Waals surface area contributed by atoms with E-state index in [9.17, 15) is 18.0 Å². The third kappa shape index (κ3) is 9.70. The van der Waals surface area contributed by atoms with Crippen molar-refractivity contribution in [1.82, 2.24) is 10.9 Å². The highest BCUT2D eigenvalue weighted by Gasteiger charge is 2.38. The summed E-state index contributed by atoms with van der Waals surface area (Å²) in [6.07, 6.45) is -5.08. The van der Waals surface area contributed by atoms with Crippen molar-refractivity contribution in [3.8, 4) is 11.5 Å². The van der Waals surface area contributed by atoms with Crippen LogP contribution in [0.1, 0.15) is 37.9 Å². The Morgan fingerprint density at radius 3 is 2.14 bits per heavy atom. The van der Waals surface area contributed by atoms with Crippen LogP contribution in [0.15, 0.2) is 42.5 Å². The summed E-state index contributed by atoms with van der Waals surface area (Å²) in [4.78, 5) is 21.6. The number of aliphatic carboxylic acids is 1. The maximum absolute atomic E-state index is 12.7. The fraction of sp³-hybridized carbons (Fsp3) is 0.348. The van der Waals surface area contributed by atoms with Crippen molar-refractivity contribution >= 4 is 23.4 Å². The number of carbonyl (C=O) groups is 2. The molecule has 0 aliphatic rings. The molecule has 2 rings (SSSR count). The number of halogens is 3. The average molecular weight is 514 g/mol. The molecule has 0 aromatic heterocycles. The van der Waals surface area contributed by atoms with Gasteiger partial charge in [0.15, 0.2) is 11.5 Å². The molecule has 0 spiro atoms. The smallest absolute Gasteiger partial charge is 0.490 e. The van der Waals surface area contributed by atoms with Crippen LogP contribution in [0.5, 0.6) is 11.5 Å². The lowest BCUT2D eigenvalue weighted by molar-refractivity contribution is -0.192. The third-order valence-corrected chi connectivity index (χ3v) is 4.22. The van der Waals surface area contributed by atoms with Crippen LogP contribution >= 0.6 is 0 Å². The Labute approximate surface area is 206 Å². The van der Waals surface area contributed by atoms with Crippen molar-refractivity contribution in [2.75, 3.05) is 19.0 Å². The van der Waals surface area contributed by atoms with Crippen molar-refractivity contribution in [3.63, 3.8) is 0 Å². The number of benzene rings is 2. The van der Waals surface area contributed by atoms with Gasteiger partial charge < -0.3 is 25.6 Å². The van der Waals surface area contributed by atoms with E-state index in [4.69, 9.17) is 30.5 Å². The Morgan fingerprint density at radius 1 is 1.11 bits per heavy atom. The molecule has 1 atom stereocenters. The zero-order valence-electron chi connectivity index (χ0n) is 20.2. The molecule has 2 aromatic carbocycles. The quantitative estimate of drug-likeness (QED) is 0.161. The first-order valence-electron chi connectivity index (χ1n) is 10.7.